The van der Waals surface area contributed by atoms with Crippen molar-refractivity contribution >= 4 is 24.0 Å². The zero-order valence-electron chi connectivity index (χ0n) is 9.63. The molecule has 1 aromatic carbocycles. The SMILES string of the molecule is CCC(N)Cc1ccc(Cl)c(OC(F)(F)F)c1.Cl. The number of nitrogens with two attached hydrogens (primary N) is 1. The summed E-state index contributed by atoms with van der Waals surface area (Å²) in [6.07, 6.45) is -3.50. The summed E-state index contributed by atoms with van der Waals surface area (Å²) in [6.45, 7) is 1.91. The van der Waals surface area contributed by atoms with E-state index in [1.54, 1.807) is 6.07 Å². The van der Waals surface area contributed by atoms with Gasteiger partial charge in [0.2, 0.25) is 0 Å². The summed E-state index contributed by atoms with van der Waals surface area (Å²) in [5.41, 5.74) is 6.39. The van der Waals surface area contributed by atoms with Crippen molar-refractivity contribution in [3.05, 3.63) is 28.8 Å². The molecule has 2 nitrogen and oxygen atoms in total. The lowest BCUT2D eigenvalue weighted by Crippen LogP contribution is -2.21. The Hall–Kier alpha value is -0.650. The van der Waals surface area contributed by atoms with Crippen LogP contribution in [0.1, 0.15) is 18.9 Å². The molecule has 0 saturated carbocycles. The first-order valence-corrected chi connectivity index (χ1v) is 5.49. The fourth-order valence-corrected chi connectivity index (χ4v) is 1.48. The van der Waals surface area contributed by atoms with Gasteiger partial charge in [-0.1, -0.05) is 24.6 Å². The Morgan fingerprint density at radius 3 is 2.50 bits per heavy atom. The molecule has 0 bridgehead atoms. The summed E-state index contributed by atoms with van der Waals surface area (Å²) in [5, 5.41) is -0.0730. The molecule has 7 heteroatoms. The summed E-state index contributed by atoms with van der Waals surface area (Å²) in [7, 11) is 0. The number of alkyl halides is 3. The average Bonchev–Trinajstić information content (AvgIpc) is 2.21. The van der Waals surface area contributed by atoms with Gasteiger partial charge in [0.05, 0.1) is 5.02 Å². The van der Waals surface area contributed by atoms with Crippen molar-refractivity contribution in [1.29, 1.82) is 0 Å². The molecule has 0 heterocycles. The van der Waals surface area contributed by atoms with Crippen molar-refractivity contribution in [1.82, 2.24) is 0 Å². The third-order valence-electron chi connectivity index (χ3n) is 2.24. The maximum absolute atomic E-state index is 12.1. The van der Waals surface area contributed by atoms with Gasteiger partial charge in [0, 0.05) is 6.04 Å². The minimum atomic E-state index is -4.74. The summed E-state index contributed by atoms with van der Waals surface area (Å²) in [6, 6.07) is 4.20. The summed E-state index contributed by atoms with van der Waals surface area (Å²) >= 11 is 5.62. The molecule has 0 aliphatic carbocycles. The highest BCUT2D eigenvalue weighted by molar-refractivity contribution is 6.32. The Bertz CT molecular complexity index is 385. The van der Waals surface area contributed by atoms with Gasteiger partial charge >= 0.3 is 6.36 Å². The number of hydrogen-bond donors (Lipinski definition) is 1. The molecule has 1 aromatic rings. The lowest BCUT2D eigenvalue weighted by Gasteiger charge is -2.13. The largest absolute Gasteiger partial charge is 0.573 e. The first kappa shape index (κ1) is 17.4. The molecule has 2 N–H and O–H groups in total. The van der Waals surface area contributed by atoms with Crippen LogP contribution in [-0.2, 0) is 6.42 Å². The second kappa shape index (κ2) is 7.07. The zero-order valence-corrected chi connectivity index (χ0v) is 11.2. The van der Waals surface area contributed by atoms with Crippen molar-refractivity contribution < 1.29 is 17.9 Å². The highest BCUT2D eigenvalue weighted by Crippen LogP contribution is 2.31. The third-order valence-corrected chi connectivity index (χ3v) is 2.56. The molecule has 18 heavy (non-hydrogen) atoms. The van der Waals surface area contributed by atoms with Crippen LogP contribution in [0.3, 0.4) is 0 Å². The third kappa shape index (κ3) is 5.80. The minimum absolute atomic E-state index is 0. The van der Waals surface area contributed by atoms with Gasteiger partial charge in [0.1, 0.15) is 5.75 Å². The molecular weight excluding hydrogens is 290 g/mol. The number of halogens is 5. The van der Waals surface area contributed by atoms with Crippen molar-refractivity contribution in [2.24, 2.45) is 5.73 Å². The number of ether oxygens (including phenoxy) is 1. The normalized spacial score (nSPS) is 12.8. The first-order chi connectivity index (χ1) is 7.81. The Kier molecular flexibility index (Phi) is 6.81. The van der Waals surface area contributed by atoms with E-state index in [0.717, 1.165) is 6.42 Å². The standard InChI is InChI=1S/C11H13ClF3NO.ClH/c1-2-8(16)5-7-3-4-9(12)10(6-7)17-11(13,14)15;/h3-4,6,8H,2,5,16H2,1H3;1H. The predicted molar refractivity (Wildman–Crippen MR) is 67.4 cm³/mol. The van der Waals surface area contributed by atoms with Gasteiger partial charge in [0.15, 0.2) is 0 Å². The molecule has 0 aliphatic rings. The Balaban J connectivity index is 0.00000289. The Morgan fingerprint density at radius 1 is 1.39 bits per heavy atom. The van der Waals surface area contributed by atoms with Crippen LogP contribution in [0.25, 0.3) is 0 Å². The van der Waals surface area contributed by atoms with Crippen LogP contribution >= 0.6 is 24.0 Å². The predicted octanol–water partition coefficient (Wildman–Crippen LogP) is 3.94. The highest BCUT2D eigenvalue weighted by atomic mass is 35.5. The van der Waals surface area contributed by atoms with Gasteiger partial charge in [-0.3, -0.25) is 0 Å². The monoisotopic (exact) mass is 303 g/mol. The number of hydrogen-bond acceptors (Lipinski definition) is 2. The molecule has 0 saturated heterocycles. The molecule has 1 atom stereocenters. The van der Waals surface area contributed by atoms with Crippen LogP contribution in [0.4, 0.5) is 13.2 Å². The summed E-state index contributed by atoms with van der Waals surface area (Å²) in [5.74, 6) is -0.389. The fourth-order valence-electron chi connectivity index (χ4n) is 1.32. The number of benzene rings is 1. The molecule has 0 spiro atoms. The lowest BCUT2D eigenvalue weighted by atomic mass is 10.0. The van der Waals surface area contributed by atoms with Crippen LogP contribution in [0.5, 0.6) is 5.75 Å². The summed E-state index contributed by atoms with van der Waals surface area (Å²) in [4.78, 5) is 0. The van der Waals surface area contributed by atoms with E-state index in [1.807, 2.05) is 6.92 Å². The van der Waals surface area contributed by atoms with E-state index in [9.17, 15) is 13.2 Å². The number of rotatable bonds is 4. The molecule has 1 rings (SSSR count). The van der Waals surface area contributed by atoms with Gasteiger partial charge in [-0.25, -0.2) is 0 Å². The van der Waals surface area contributed by atoms with Crippen LogP contribution < -0.4 is 10.5 Å². The van der Waals surface area contributed by atoms with E-state index in [0.29, 0.717) is 12.0 Å². The Morgan fingerprint density at radius 2 is 2.00 bits per heavy atom. The van der Waals surface area contributed by atoms with E-state index >= 15 is 0 Å². The van der Waals surface area contributed by atoms with Crippen LogP contribution in [-0.4, -0.2) is 12.4 Å². The van der Waals surface area contributed by atoms with Gasteiger partial charge < -0.3 is 10.5 Å². The van der Waals surface area contributed by atoms with Crippen molar-refractivity contribution in [2.75, 3.05) is 0 Å². The molecule has 0 amide bonds. The molecule has 0 fully saturated rings. The lowest BCUT2D eigenvalue weighted by molar-refractivity contribution is -0.274. The van der Waals surface area contributed by atoms with Crippen LogP contribution in [0.2, 0.25) is 5.02 Å². The topological polar surface area (TPSA) is 35.2 Å². The maximum atomic E-state index is 12.1. The van der Waals surface area contributed by atoms with E-state index in [4.69, 9.17) is 17.3 Å². The summed E-state index contributed by atoms with van der Waals surface area (Å²) < 4.78 is 40.0. The molecule has 0 aliphatic heterocycles. The van der Waals surface area contributed by atoms with E-state index in [1.165, 1.54) is 12.1 Å². The second-order valence-electron chi connectivity index (χ2n) is 3.69. The van der Waals surface area contributed by atoms with Crippen LogP contribution in [0, 0.1) is 0 Å². The van der Waals surface area contributed by atoms with Crippen molar-refractivity contribution in [3.63, 3.8) is 0 Å². The molecule has 0 radical (unpaired) electrons. The molecule has 0 aromatic heterocycles. The quantitative estimate of drug-likeness (QED) is 0.914. The van der Waals surface area contributed by atoms with Gasteiger partial charge in [-0.15, -0.1) is 25.6 Å². The van der Waals surface area contributed by atoms with E-state index in [2.05, 4.69) is 4.74 Å². The average molecular weight is 304 g/mol. The molecular formula is C11H14Cl2F3NO. The van der Waals surface area contributed by atoms with Gasteiger partial charge in [-0.05, 0) is 30.5 Å². The van der Waals surface area contributed by atoms with Crippen molar-refractivity contribution in [2.45, 2.75) is 32.2 Å². The van der Waals surface area contributed by atoms with E-state index in [-0.39, 0.29) is 29.2 Å². The van der Waals surface area contributed by atoms with Gasteiger partial charge in [-0.2, -0.15) is 0 Å². The zero-order chi connectivity index (χ0) is 13.1. The van der Waals surface area contributed by atoms with E-state index < -0.39 is 6.36 Å². The highest BCUT2D eigenvalue weighted by Gasteiger charge is 2.32. The Labute approximate surface area is 115 Å². The minimum Gasteiger partial charge on any atom is -0.404 e. The van der Waals surface area contributed by atoms with Gasteiger partial charge in [0.25, 0.3) is 0 Å². The van der Waals surface area contributed by atoms with Crippen LogP contribution in [0.15, 0.2) is 18.2 Å². The second-order valence-corrected chi connectivity index (χ2v) is 4.09. The fraction of sp³-hybridized carbons (Fsp3) is 0.455. The molecule has 1 unspecified atom stereocenters. The maximum Gasteiger partial charge on any atom is 0.573 e. The first-order valence-electron chi connectivity index (χ1n) is 5.11. The molecule has 104 valence electrons. The van der Waals surface area contributed by atoms with Crippen molar-refractivity contribution in [3.8, 4) is 5.75 Å². The smallest absolute Gasteiger partial charge is 0.404 e.